The van der Waals surface area contributed by atoms with Crippen LogP contribution in [-0.2, 0) is 4.74 Å². The molecule has 0 aromatic heterocycles. The summed E-state index contributed by atoms with van der Waals surface area (Å²) in [5.41, 5.74) is 0. The molecule has 2 rings (SSSR count). The number of nitrogens with one attached hydrogen (secondary N) is 1. The molecule has 0 aliphatic carbocycles. The molecule has 2 aliphatic rings. The zero-order valence-electron chi connectivity index (χ0n) is 9.17. The first-order chi connectivity index (χ1) is 6.86. The van der Waals surface area contributed by atoms with Crippen LogP contribution in [-0.4, -0.2) is 50.3 Å². The van der Waals surface area contributed by atoms with E-state index < -0.39 is 0 Å². The minimum absolute atomic E-state index is 0.739. The fourth-order valence-corrected chi connectivity index (χ4v) is 2.54. The van der Waals surface area contributed by atoms with Crippen molar-refractivity contribution in [2.75, 3.05) is 33.4 Å². The lowest BCUT2D eigenvalue weighted by molar-refractivity contribution is 0.0408. The number of ether oxygens (including phenoxy) is 1. The Morgan fingerprint density at radius 1 is 1.29 bits per heavy atom. The summed E-state index contributed by atoms with van der Waals surface area (Å²) < 4.78 is 5.38. The largest absolute Gasteiger partial charge is 0.381 e. The van der Waals surface area contributed by atoms with Gasteiger partial charge in [0, 0.05) is 31.8 Å². The molecule has 1 N–H and O–H groups in total. The zero-order valence-corrected chi connectivity index (χ0v) is 9.17. The molecule has 2 heterocycles. The van der Waals surface area contributed by atoms with Crippen LogP contribution in [0.15, 0.2) is 0 Å². The van der Waals surface area contributed by atoms with E-state index in [0.717, 1.165) is 25.3 Å². The molecule has 0 bridgehead atoms. The molecule has 14 heavy (non-hydrogen) atoms. The zero-order chi connectivity index (χ0) is 9.80. The summed E-state index contributed by atoms with van der Waals surface area (Å²) in [6.45, 7) is 4.33. The number of likely N-dealkylation sites (N-methyl/N-ethyl adjacent to an activating group) is 1. The van der Waals surface area contributed by atoms with Crippen molar-refractivity contribution in [3.8, 4) is 0 Å². The summed E-state index contributed by atoms with van der Waals surface area (Å²) >= 11 is 0. The quantitative estimate of drug-likeness (QED) is 0.727. The average molecular weight is 198 g/mol. The summed E-state index contributed by atoms with van der Waals surface area (Å²) in [4.78, 5) is 2.52. The second-order valence-corrected chi connectivity index (χ2v) is 4.58. The molecule has 1 atom stereocenters. The number of hydrogen-bond donors (Lipinski definition) is 1. The van der Waals surface area contributed by atoms with Gasteiger partial charge in [-0.15, -0.1) is 0 Å². The van der Waals surface area contributed by atoms with Crippen LogP contribution in [0.5, 0.6) is 0 Å². The van der Waals surface area contributed by atoms with Crippen molar-refractivity contribution in [3.05, 3.63) is 0 Å². The SMILES string of the molecule is CN(C[C@@H]1CCCN1)C1CCOCC1. The van der Waals surface area contributed by atoms with Crippen LogP contribution in [0, 0.1) is 0 Å². The van der Waals surface area contributed by atoms with Gasteiger partial charge in [-0.3, -0.25) is 0 Å². The van der Waals surface area contributed by atoms with Gasteiger partial charge in [0.25, 0.3) is 0 Å². The Hall–Kier alpha value is -0.120. The predicted octanol–water partition coefficient (Wildman–Crippen LogP) is 0.849. The Morgan fingerprint density at radius 3 is 2.71 bits per heavy atom. The van der Waals surface area contributed by atoms with Crippen molar-refractivity contribution in [2.45, 2.75) is 37.8 Å². The van der Waals surface area contributed by atoms with Crippen molar-refractivity contribution in [3.63, 3.8) is 0 Å². The topological polar surface area (TPSA) is 24.5 Å². The summed E-state index contributed by atoms with van der Waals surface area (Å²) in [5, 5.41) is 3.55. The van der Waals surface area contributed by atoms with Crippen molar-refractivity contribution >= 4 is 0 Å². The van der Waals surface area contributed by atoms with Gasteiger partial charge in [0.15, 0.2) is 0 Å². The predicted molar refractivity (Wildman–Crippen MR) is 57.5 cm³/mol. The third-order valence-electron chi connectivity index (χ3n) is 3.48. The molecule has 2 fully saturated rings. The average Bonchev–Trinajstić information content (AvgIpc) is 2.72. The summed E-state index contributed by atoms with van der Waals surface area (Å²) in [6.07, 6.45) is 5.13. The van der Waals surface area contributed by atoms with Gasteiger partial charge >= 0.3 is 0 Å². The first-order valence-corrected chi connectivity index (χ1v) is 5.87. The summed E-state index contributed by atoms with van der Waals surface area (Å²) in [5.74, 6) is 0. The third kappa shape index (κ3) is 2.69. The molecule has 3 nitrogen and oxygen atoms in total. The summed E-state index contributed by atoms with van der Waals surface area (Å²) in [6, 6.07) is 1.49. The van der Waals surface area contributed by atoms with Gasteiger partial charge in [0.05, 0.1) is 0 Å². The maximum atomic E-state index is 5.38. The monoisotopic (exact) mass is 198 g/mol. The molecule has 0 amide bonds. The van der Waals surface area contributed by atoms with E-state index in [1.807, 2.05) is 0 Å². The molecule has 82 valence electrons. The highest BCUT2D eigenvalue weighted by Crippen LogP contribution is 2.15. The van der Waals surface area contributed by atoms with E-state index in [-0.39, 0.29) is 0 Å². The fraction of sp³-hybridized carbons (Fsp3) is 1.00. The van der Waals surface area contributed by atoms with E-state index in [1.165, 1.54) is 38.8 Å². The highest BCUT2D eigenvalue weighted by molar-refractivity contribution is 4.80. The maximum Gasteiger partial charge on any atom is 0.0480 e. The first-order valence-electron chi connectivity index (χ1n) is 5.87. The van der Waals surface area contributed by atoms with Crippen LogP contribution < -0.4 is 5.32 Å². The fourth-order valence-electron chi connectivity index (χ4n) is 2.54. The molecular weight excluding hydrogens is 176 g/mol. The highest BCUT2D eigenvalue weighted by atomic mass is 16.5. The molecule has 2 aliphatic heterocycles. The second-order valence-electron chi connectivity index (χ2n) is 4.58. The van der Waals surface area contributed by atoms with Crippen molar-refractivity contribution in [1.82, 2.24) is 10.2 Å². The number of rotatable bonds is 3. The molecule has 0 aromatic rings. The van der Waals surface area contributed by atoms with Crippen LogP contribution in [0.3, 0.4) is 0 Å². The molecule has 0 spiro atoms. The van der Waals surface area contributed by atoms with E-state index in [4.69, 9.17) is 4.74 Å². The van der Waals surface area contributed by atoms with Gasteiger partial charge in [-0.2, -0.15) is 0 Å². The minimum Gasteiger partial charge on any atom is -0.381 e. The maximum absolute atomic E-state index is 5.38. The van der Waals surface area contributed by atoms with Crippen LogP contribution in [0.25, 0.3) is 0 Å². The van der Waals surface area contributed by atoms with Gasteiger partial charge in [0.2, 0.25) is 0 Å². The Kier molecular flexibility index (Phi) is 3.79. The Balaban J connectivity index is 1.72. The van der Waals surface area contributed by atoms with E-state index in [0.29, 0.717) is 0 Å². The van der Waals surface area contributed by atoms with E-state index in [2.05, 4.69) is 17.3 Å². The molecule has 3 heteroatoms. The minimum atomic E-state index is 0.739. The molecule has 0 unspecified atom stereocenters. The molecule has 0 radical (unpaired) electrons. The van der Waals surface area contributed by atoms with Crippen molar-refractivity contribution in [2.24, 2.45) is 0 Å². The lowest BCUT2D eigenvalue weighted by Crippen LogP contribution is -2.43. The Labute approximate surface area is 86.8 Å². The normalized spacial score (nSPS) is 30.0. The highest BCUT2D eigenvalue weighted by Gasteiger charge is 2.22. The van der Waals surface area contributed by atoms with Gasteiger partial charge in [-0.05, 0) is 39.3 Å². The summed E-state index contributed by atoms with van der Waals surface area (Å²) in [7, 11) is 2.26. The van der Waals surface area contributed by atoms with Gasteiger partial charge in [-0.25, -0.2) is 0 Å². The van der Waals surface area contributed by atoms with E-state index in [1.54, 1.807) is 0 Å². The smallest absolute Gasteiger partial charge is 0.0480 e. The van der Waals surface area contributed by atoms with Gasteiger partial charge < -0.3 is 15.0 Å². The van der Waals surface area contributed by atoms with Crippen LogP contribution >= 0.6 is 0 Å². The van der Waals surface area contributed by atoms with Crippen LogP contribution in [0.2, 0.25) is 0 Å². The Morgan fingerprint density at radius 2 is 2.07 bits per heavy atom. The van der Waals surface area contributed by atoms with Crippen molar-refractivity contribution < 1.29 is 4.74 Å². The van der Waals surface area contributed by atoms with Crippen LogP contribution in [0.4, 0.5) is 0 Å². The van der Waals surface area contributed by atoms with Gasteiger partial charge in [-0.1, -0.05) is 0 Å². The molecule has 2 saturated heterocycles. The number of nitrogens with zero attached hydrogens (tertiary/aromatic N) is 1. The van der Waals surface area contributed by atoms with E-state index in [9.17, 15) is 0 Å². The van der Waals surface area contributed by atoms with Crippen molar-refractivity contribution in [1.29, 1.82) is 0 Å². The molecular formula is C11H22N2O. The van der Waals surface area contributed by atoms with Gasteiger partial charge in [0.1, 0.15) is 0 Å². The Bertz CT molecular complexity index is 163. The second kappa shape index (κ2) is 5.10. The number of hydrogen-bond acceptors (Lipinski definition) is 3. The molecule has 0 aromatic carbocycles. The van der Waals surface area contributed by atoms with E-state index >= 15 is 0 Å². The third-order valence-corrected chi connectivity index (χ3v) is 3.48. The first kappa shape index (κ1) is 10.4. The molecule has 0 saturated carbocycles. The lowest BCUT2D eigenvalue weighted by atomic mass is 10.1. The van der Waals surface area contributed by atoms with Crippen LogP contribution in [0.1, 0.15) is 25.7 Å². The lowest BCUT2D eigenvalue weighted by Gasteiger charge is -2.32. The standard InChI is InChI=1S/C11H22N2O/c1-13(9-10-3-2-6-12-10)11-4-7-14-8-5-11/h10-12H,2-9H2,1H3/t10-/m0/s1.